The molecule has 0 amide bonds. The SMILES string of the molecule is COc1nc2c(c(N3CCC3)n1)CNCC2. The molecule has 1 saturated heterocycles. The number of fused-ring (bicyclic) bond motifs is 1. The third kappa shape index (κ3) is 1.51. The minimum Gasteiger partial charge on any atom is -0.467 e. The van der Waals surface area contributed by atoms with Gasteiger partial charge in [-0.05, 0) is 6.42 Å². The van der Waals surface area contributed by atoms with Crippen LogP contribution in [0.15, 0.2) is 0 Å². The van der Waals surface area contributed by atoms with Crippen molar-refractivity contribution in [2.75, 3.05) is 31.6 Å². The zero-order chi connectivity index (χ0) is 11.0. The molecule has 5 nitrogen and oxygen atoms in total. The number of rotatable bonds is 2. The van der Waals surface area contributed by atoms with E-state index in [0.29, 0.717) is 6.01 Å². The molecule has 0 radical (unpaired) electrons. The Morgan fingerprint density at radius 1 is 1.31 bits per heavy atom. The zero-order valence-electron chi connectivity index (χ0n) is 9.49. The molecule has 2 aliphatic rings. The van der Waals surface area contributed by atoms with Crippen LogP contribution in [0.5, 0.6) is 6.01 Å². The van der Waals surface area contributed by atoms with Crippen molar-refractivity contribution in [1.29, 1.82) is 0 Å². The van der Waals surface area contributed by atoms with Crippen LogP contribution in [0.2, 0.25) is 0 Å². The lowest BCUT2D eigenvalue weighted by Crippen LogP contribution is -2.40. The number of ether oxygens (including phenoxy) is 1. The summed E-state index contributed by atoms with van der Waals surface area (Å²) in [5.74, 6) is 1.07. The van der Waals surface area contributed by atoms with E-state index in [4.69, 9.17) is 4.74 Å². The van der Waals surface area contributed by atoms with E-state index in [-0.39, 0.29) is 0 Å². The Balaban J connectivity index is 2.05. The Bertz CT molecular complexity index is 403. The van der Waals surface area contributed by atoms with Gasteiger partial charge in [0, 0.05) is 38.2 Å². The first-order chi connectivity index (χ1) is 7.88. The number of methoxy groups -OCH3 is 1. The maximum absolute atomic E-state index is 5.17. The molecule has 0 unspecified atom stereocenters. The molecule has 2 aliphatic heterocycles. The van der Waals surface area contributed by atoms with Gasteiger partial charge in [-0.3, -0.25) is 0 Å². The molecule has 0 atom stereocenters. The van der Waals surface area contributed by atoms with Gasteiger partial charge in [0.25, 0.3) is 0 Å². The summed E-state index contributed by atoms with van der Waals surface area (Å²) in [4.78, 5) is 11.2. The molecule has 16 heavy (non-hydrogen) atoms. The Morgan fingerprint density at radius 2 is 2.19 bits per heavy atom. The van der Waals surface area contributed by atoms with E-state index in [1.54, 1.807) is 7.11 Å². The number of anilines is 1. The van der Waals surface area contributed by atoms with Gasteiger partial charge in [-0.2, -0.15) is 9.97 Å². The van der Waals surface area contributed by atoms with E-state index in [1.165, 1.54) is 12.0 Å². The van der Waals surface area contributed by atoms with Crippen molar-refractivity contribution in [3.05, 3.63) is 11.3 Å². The summed E-state index contributed by atoms with van der Waals surface area (Å²) in [5, 5.41) is 3.37. The summed E-state index contributed by atoms with van der Waals surface area (Å²) >= 11 is 0. The van der Waals surface area contributed by atoms with Crippen molar-refractivity contribution in [2.45, 2.75) is 19.4 Å². The van der Waals surface area contributed by atoms with E-state index in [9.17, 15) is 0 Å². The maximum atomic E-state index is 5.17. The number of hydrogen-bond donors (Lipinski definition) is 1. The van der Waals surface area contributed by atoms with Crippen molar-refractivity contribution in [1.82, 2.24) is 15.3 Å². The third-order valence-electron chi connectivity index (χ3n) is 3.23. The van der Waals surface area contributed by atoms with Gasteiger partial charge in [-0.1, -0.05) is 0 Å². The molecular weight excluding hydrogens is 204 g/mol. The average molecular weight is 220 g/mol. The first-order valence-electron chi connectivity index (χ1n) is 5.78. The van der Waals surface area contributed by atoms with Crippen LogP contribution in [0.1, 0.15) is 17.7 Å². The van der Waals surface area contributed by atoms with Gasteiger partial charge in [0.15, 0.2) is 0 Å². The van der Waals surface area contributed by atoms with Crippen molar-refractivity contribution in [2.24, 2.45) is 0 Å². The summed E-state index contributed by atoms with van der Waals surface area (Å²) in [5.41, 5.74) is 2.40. The Labute approximate surface area is 94.8 Å². The van der Waals surface area contributed by atoms with Crippen LogP contribution < -0.4 is 15.0 Å². The first kappa shape index (κ1) is 9.84. The van der Waals surface area contributed by atoms with Crippen molar-refractivity contribution >= 4 is 5.82 Å². The molecule has 1 aromatic heterocycles. The fraction of sp³-hybridized carbons (Fsp3) is 0.636. The highest BCUT2D eigenvalue weighted by Gasteiger charge is 2.24. The van der Waals surface area contributed by atoms with E-state index in [1.807, 2.05) is 0 Å². The summed E-state index contributed by atoms with van der Waals surface area (Å²) < 4.78 is 5.17. The van der Waals surface area contributed by atoms with E-state index in [0.717, 1.165) is 44.1 Å². The van der Waals surface area contributed by atoms with Gasteiger partial charge in [0.2, 0.25) is 0 Å². The third-order valence-corrected chi connectivity index (χ3v) is 3.23. The molecule has 0 aliphatic carbocycles. The van der Waals surface area contributed by atoms with Crippen molar-refractivity contribution in [3.63, 3.8) is 0 Å². The van der Waals surface area contributed by atoms with Crippen LogP contribution in [-0.2, 0) is 13.0 Å². The number of nitrogens with zero attached hydrogens (tertiary/aromatic N) is 3. The van der Waals surface area contributed by atoms with Crippen LogP contribution in [0, 0.1) is 0 Å². The highest BCUT2D eigenvalue weighted by Crippen LogP contribution is 2.28. The van der Waals surface area contributed by atoms with Crippen molar-refractivity contribution < 1.29 is 4.74 Å². The second-order valence-corrected chi connectivity index (χ2v) is 4.23. The van der Waals surface area contributed by atoms with Crippen LogP contribution in [0.3, 0.4) is 0 Å². The van der Waals surface area contributed by atoms with Gasteiger partial charge >= 0.3 is 6.01 Å². The van der Waals surface area contributed by atoms with Crippen LogP contribution in [0.25, 0.3) is 0 Å². The van der Waals surface area contributed by atoms with Gasteiger partial charge in [-0.25, -0.2) is 0 Å². The molecule has 86 valence electrons. The summed E-state index contributed by atoms with van der Waals surface area (Å²) in [7, 11) is 1.63. The molecule has 0 saturated carbocycles. The van der Waals surface area contributed by atoms with E-state index < -0.39 is 0 Å². The van der Waals surface area contributed by atoms with Gasteiger partial charge in [-0.15, -0.1) is 0 Å². The normalized spacial score (nSPS) is 18.9. The predicted molar refractivity (Wildman–Crippen MR) is 60.8 cm³/mol. The second-order valence-electron chi connectivity index (χ2n) is 4.23. The lowest BCUT2D eigenvalue weighted by Gasteiger charge is -2.34. The lowest BCUT2D eigenvalue weighted by atomic mass is 10.1. The van der Waals surface area contributed by atoms with Gasteiger partial charge < -0.3 is 15.0 Å². The molecule has 1 fully saturated rings. The van der Waals surface area contributed by atoms with Crippen LogP contribution in [0.4, 0.5) is 5.82 Å². The largest absolute Gasteiger partial charge is 0.467 e. The number of nitrogens with one attached hydrogen (secondary N) is 1. The highest BCUT2D eigenvalue weighted by molar-refractivity contribution is 5.52. The quantitative estimate of drug-likeness (QED) is 0.779. The summed E-state index contributed by atoms with van der Waals surface area (Å²) in [6.07, 6.45) is 2.23. The van der Waals surface area contributed by atoms with E-state index >= 15 is 0 Å². The second kappa shape index (κ2) is 3.90. The molecule has 0 spiro atoms. The fourth-order valence-corrected chi connectivity index (χ4v) is 2.18. The molecule has 0 aromatic carbocycles. The minimum absolute atomic E-state index is 0.502. The monoisotopic (exact) mass is 220 g/mol. The summed E-state index contributed by atoms with van der Waals surface area (Å²) in [6.45, 7) is 4.08. The smallest absolute Gasteiger partial charge is 0.318 e. The van der Waals surface area contributed by atoms with Crippen molar-refractivity contribution in [3.8, 4) is 6.01 Å². The molecule has 3 rings (SSSR count). The molecule has 1 N–H and O–H groups in total. The molecule has 0 bridgehead atoms. The lowest BCUT2D eigenvalue weighted by molar-refractivity contribution is 0.375. The Hall–Kier alpha value is -1.36. The minimum atomic E-state index is 0.502. The predicted octanol–water partition coefficient (Wildman–Crippen LogP) is 0.341. The Morgan fingerprint density at radius 3 is 2.88 bits per heavy atom. The summed E-state index contributed by atoms with van der Waals surface area (Å²) in [6, 6.07) is 0.502. The topological polar surface area (TPSA) is 50.3 Å². The maximum Gasteiger partial charge on any atom is 0.318 e. The van der Waals surface area contributed by atoms with Crippen LogP contribution >= 0.6 is 0 Å². The molecule has 5 heteroatoms. The van der Waals surface area contributed by atoms with Gasteiger partial charge in [0.1, 0.15) is 5.82 Å². The fourth-order valence-electron chi connectivity index (χ4n) is 2.18. The Kier molecular flexibility index (Phi) is 2.40. The van der Waals surface area contributed by atoms with Gasteiger partial charge in [0.05, 0.1) is 12.8 Å². The zero-order valence-corrected chi connectivity index (χ0v) is 9.49. The highest BCUT2D eigenvalue weighted by atomic mass is 16.5. The molecule has 1 aromatic rings. The standard InChI is InChI=1S/C11H16N4O/c1-16-11-13-9-3-4-12-7-8(9)10(14-11)15-5-2-6-15/h12H,2-7H2,1H3. The number of hydrogen-bond acceptors (Lipinski definition) is 5. The number of aromatic nitrogens is 2. The van der Waals surface area contributed by atoms with Crippen LogP contribution in [-0.4, -0.2) is 36.7 Å². The molecular formula is C11H16N4O. The molecule has 3 heterocycles. The first-order valence-corrected chi connectivity index (χ1v) is 5.78. The van der Waals surface area contributed by atoms with E-state index in [2.05, 4.69) is 20.2 Å². The average Bonchev–Trinajstić information content (AvgIpc) is 2.26.